The number of halogens is 3. The quantitative estimate of drug-likeness (QED) is 0.770. The van der Waals surface area contributed by atoms with Crippen LogP contribution in [0.25, 0.3) is 0 Å². The number of alkyl halides is 3. The SMILES string of the molecule is Cc1c(C(=O)NCc2cn[nH]n2)n[nH]c1C(F)(F)F. The fourth-order valence-corrected chi connectivity index (χ4v) is 1.46. The highest BCUT2D eigenvalue weighted by atomic mass is 19.4. The minimum Gasteiger partial charge on any atom is -0.345 e. The molecule has 0 atom stereocenters. The lowest BCUT2D eigenvalue weighted by Gasteiger charge is -2.04. The third kappa shape index (κ3) is 2.72. The summed E-state index contributed by atoms with van der Waals surface area (Å²) in [6.07, 6.45) is -3.18. The van der Waals surface area contributed by atoms with E-state index in [1.807, 2.05) is 5.10 Å². The predicted molar refractivity (Wildman–Crippen MR) is 55.9 cm³/mol. The third-order valence-electron chi connectivity index (χ3n) is 2.40. The first-order chi connectivity index (χ1) is 8.89. The molecule has 2 aromatic rings. The molecular weight excluding hydrogens is 265 g/mol. The lowest BCUT2D eigenvalue weighted by atomic mass is 10.2. The van der Waals surface area contributed by atoms with Crippen molar-refractivity contribution in [3.8, 4) is 0 Å². The number of hydrogen-bond acceptors (Lipinski definition) is 4. The summed E-state index contributed by atoms with van der Waals surface area (Å²) in [5.41, 5.74) is -1.11. The molecule has 0 spiro atoms. The number of H-pyrrole nitrogens is 2. The summed E-state index contributed by atoms with van der Waals surface area (Å²) in [5.74, 6) is -0.716. The van der Waals surface area contributed by atoms with Gasteiger partial charge in [0.1, 0.15) is 11.4 Å². The molecule has 0 bridgehead atoms. The summed E-state index contributed by atoms with van der Waals surface area (Å²) < 4.78 is 37.5. The Morgan fingerprint density at radius 2 is 2.16 bits per heavy atom. The molecule has 0 unspecified atom stereocenters. The standard InChI is InChI=1S/C9H9F3N6O/c1-4-6(16-17-7(4)9(10,11)12)8(19)13-2-5-3-14-18-15-5/h3H,2H2,1H3,(H,13,19)(H,16,17)(H,14,15,18). The predicted octanol–water partition coefficient (Wildman–Crippen LogP) is 0.785. The van der Waals surface area contributed by atoms with Gasteiger partial charge in [-0.15, -0.1) is 0 Å². The molecule has 2 aromatic heterocycles. The van der Waals surface area contributed by atoms with Crippen LogP contribution in [0.2, 0.25) is 0 Å². The molecule has 0 aliphatic rings. The maximum Gasteiger partial charge on any atom is 0.433 e. The summed E-state index contributed by atoms with van der Waals surface area (Å²) >= 11 is 0. The first-order valence-corrected chi connectivity index (χ1v) is 5.14. The topological polar surface area (TPSA) is 99.3 Å². The fourth-order valence-electron chi connectivity index (χ4n) is 1.46. The molecular formula is C9H9F3N6O. The van der Waals surface area contributed by atoms with Crippen molar-refractivity contribution >= 4 is 5.91 Å². The second-order valence-corrected chi connectivity index (χ2v) is 3.71. The number of amides is 1. The van der Waals surface area contributed by atoms with Crippen molar-refractivity contribution in [1.29, 1.82) is 0 Å². The zero-order valence-corrected chi connectivity index (χ0v) is 9.67. The molecule has 0 aliphatic carbocycles. The second kappa shape index (κ2) is 4.71. The number of nitrogens with zero attached hydrogens (tertiary/aromatic N) is 3. The van der Waals surface area contributed by atoms with Gasteiger partial charge in [0.05, 0.1) is 12.7 Å². The average molecular weight is 274 g/mol. The van der Waals surface area contributed by atoms with Crippen LogP contribution in [0.5, 0.6) is 0 Å². The van der Waals surface area contributed by atoms with Crippen molar-refractivity contribution in [3.63, 3.8) is 0 Å². The van der Waals surface area contributed by atoms with Crippen LogP contribution in [0.1, 0.15) is 27.4 Å². The number of rotatable bonds is 3. The Bertz CT molecular complexity index is 573. The van der Waals surface area contributed by atoms with E-state index in [0.717, 1.165) is 0 Å². The molecule has 10 heteroatoms. The van der Waals surface area contributed by atoms with Gasteiger partial charge in [-0.1, -0.05) is 0 Å². The molecule has 0 saturated heterocycles. The summed E-state index contributed by atoms with van der Waals surface area (Å²) in [7, 11) is 0. The molecule has 102 valence electrons. The van der Waals surface area contributed by atoms with Gasteiger partial charge in [0.25, 0.3) is 5.91 Å². The highest BCUT2D eigenvalue weighted by molar-refractivity contribution is 5.93. The van der Waals surface area contributed by atoms with Crippen LogP contribution in [0, 0.1) is 6.92 Å². The lowest BCUT2D eigenvalue weighted by Crippen LogP contribution is -2.24. The van der Waals surface area contributed by atoms with Crippen LogP contribution < -0.4 is 5.32 Å². The van der Waals surface area contributed by atoms with Gasteiger partial charge in [-0.2, -0.15) is 33.7 Å². The van der Waals surface area contributed by atoms with Crippen LogP contribution in [0.3, 0.4) is 0 Å². The van der Waals surface area contributed by atoms with Crippen molar-refractivity contribution in [2.45, 2.75) is 19.6 Å². The van der Waals surface area contributed by atoms with E-state index in [2.05, 4.69) is 25.8 Å². The average Bonchev–Trinajstić information content (AvgIpc) is 2.93. The van der Waals surface area contributed by atoms with E-state index >= 15 is 0 Å². The number of aromatic nitrogens is 5. The van der Waals surface area contributed by atoms with Crippen molar-refractivity contribution in [2.24, 2.45) is 0 Å². The van der Waals surface area contributed by atoms with Gasteiger partial charge in [0.15, 0.2) is 5.69 Å². The summed E-state index contributed by atoms with van der Waals surface area (Å²) in [5, 5.41) is 17.2. The fraction of sp³-hybridized carbons (Fsp3) is 0.333. The molecule has 2 rings (SSSR count). The maximum atomic E-state index is 12.5. The summed E-state index contributed by atoms with van der Waals surface area (Å²) in [6, 6.07) is 0. The van der Waals surface area contributed by atoms with Gasteiger partial charge in [-0.3, -0.25) is 9.89 Å². The minimum atomic E-state index is -4.57. The summed E-state index contributed by atoms with van der Waals surface area (Å²) in [4.78, 5) is 11.7. The zero-order valence-electron chi connectivity index (χ0n) is 9.67. The highest BCUT2D eigenvalue weighted by Gasteiger charge is 2.36. The molecule has 0 saturated carbocycles. The van der Waals surface area contributed by atoms with Crippen molar-refractivity contribution in [2.75, 3.05) is 0 Å². The van der Waals surface area contributed by atoms with Crippen LogP contribution in [0.15, 0.2) is 6.20 Å². The van der Waals surface area contributed by atoms with Gasteiger partial charge in [0, 0.05) is 5.56 Å². The van der Waals surface area contributed by atoms with E-state index in [0.29, 0.717) is 5.69 Å². The molecule has 0 aliphatic heterocycles. The monoisotopic (exact) mass is 274 g/mol. The van der Waals surface area contributed by atoms with E-state index in [9.17, 15) is 18.0 Å². The Morgan fingerprint density at radius 3 is 2.68 bits per heavy atom. The third-order valence-corrected chi connectivity index (χ3v) is 2.40. The molecule has 0 radical (unpaired) electrons. The lowest BCUT2D eigenvalue weighted by molar-refractivity contribution is -0.141. The number of hydrogen-bond donors (Lipinski definition) is 3. The highest BCUT2D eigenvalue weighted by Crippen LogP contribution is 2.30. The van der Waals surface area contributed by atoms with E-state index in [1.165, 1.54) is 13.1 Å². The number of carbonyl (C=O) groups excluding carboxylic acids is 1. The molecule has 7 nitrogen and oxygen atoms in total. The molecule has 1 amide bonds. The van der Waals surface area contributed by atoms with Gasteiger partial charge in [0.2, 0.25) is 0 Å². The first-order valence-electron chi connectivity index (χ1n) is 5.14. The normalized spacial score (nSPS) is 11.6. The molecule has 3 N–H and O–H groups in total. The first kappa shape index (κ1) is 13.1. The Labute approximate surface area is 104 Å². The minimum absolute atomic E-state index is 0.0446. The Hall–Kier alpha value is -2.39. The zero-order chi connectivity index (χ0) is 14.0. The van der Waals surface area contributed by atoms with E-state index in [4.69, 9.17) is 0 Å². The second-order valence-electron chi connectivity index (χ2n) is 3.71. The van der Waals surface area contributed by atoms with Crippen LogP contribution in [-0.2, 0) is 12.7 Å². The van der Waals surface area contributed by atoms with Crippen LogP contribution in [0.4, 0.5) is 13.2 Å². The van der Waals surface area contributed by atoms with Crippen molar-refractivity contribution < 1.29 is 18.0 Å². The van der Waals surface area contributed by atoms with Gasteiger partial charge < -0.3 is 5.32 Å². The Morgan fingerprint density at radius 1 is 1.42 bits per heavy atom. The largest absolute Gasteiger partial charge is 0.433 e. The molecule has 0 aromatic carbocycles. The van der Waals surface area contributed by atoms with E-state index in [1.54, 1.807) is 0 Å². The van der Waals surface area contributed by atoms with Gasteiger partial charge in [-0.05, 0) is 6.92 Å². The van der Waals surface area contributed by atoms with E-state index < -0.39 is 17.8 Å². The molecule has 19 heavy (non-hydrogen) atoms. The number of carbonyl (C=O) groups is 1. The Kier molecular flexibility index (Phi) is 3.23. The van der Waals surface area contributed by atoms with Crippen molar-refractivity contribution in [1.82, 2.24) is 30.9 Å². The van der Waals surface area contributed by atoms with Gasteiger partial charge in [-0.25, -0.2) is 0 Å². The molecule has 2 heterocycles. The van der Waals surface area contributed by atoms with Gasteiger partial charge >= 0.3 is 6.18 Å². The van der Waals surface area contributed by atoms with Crippen molar-refractivity contribution in [3.05, 3.63) is 28.8 Å². The number of nitrogens with one attached hydrogen (secondary N) is 3. The Balaban J connectivity index is 2.10. The molecule has 0 fully saturated rings. The number of aromatic amines is 2. The maximum absolute atomic E-state index is 12.5. The van der Waals surface area contributed by atoms with Crippen LogP contribution >= 0.6 is 0 Å². The summed E-state index contributed by atoms with van der Waals surface area (Å²) in [6.45, 7) is 1.22. The smallest absolute Gasteiger partial charge is 0.345 e. The van der Waals surface area contributed by atoms with E-state index in [-0.39, 0.29) is 17.8 Å². The van der Waals surface area contributed by atoms with Crippen LogP contribution in [-0.4, -0.2) is 31.5 Å².